The second kappa shape index (κ2) is 6.21. The molecule has 0 unspecified atom stereocenters. The van der Waals surface area contributed by atoms with Crippen LogP contribution < -0.4 is 10.6 Å². The number of ether oxygens (including phenoxy) is 1. The van der Waals surface area contributed by atoms with Crippen LogP contribution in [0.25, 0.3) is 0 Å². The summed E-state index contributed by atoms with van der Waals surface area (Å²) >= 11 is 0. The van der Waals surface area contributed by atoms with Gasteiger partial charge in [0.05, 0.1) is 13.2 Å². The van der Waals surface area contributed by atoms with Gasteiger partial charge in [-0.15, -0.1) is 0 Å². The molecule has 0 aliphatic carbocycles. The van der Waals surface area contributed by atoms with Crippen LogP contribution in [0, 0.1) is 5.41 Å². The minimum absolute atomic E-state index is 0.119. The average Bonchev–Trinajstić information content (AvgIpc) is 2.15. The van der Waals surface area contributed by atoms with E-state index in [1.807, 2.05) is 6.92 Å². The maximum Gasteiger partial charge on any atom is 0.220 e. The molecule has 0 atom stereocenters. The monoisotopic (exact) mass is 228 g/mol. The number of amides is 1. The standard InChI is InChI=1S/C12H24N2O2/c1-4-5-11(15)14-7-12(8-16-9-12)6-13-10(2)3/h10,13H,4-9H2,1-3H3,(H,14,15). The van der Waals surface area contributed by atoms with E-state index in [0.29, 0.717) is 12.5 Å². The van der Waals surface area contributed by atoms with Gasteiger partial charge in [-0.25, -0.2) is 0 Å². The van der Waals surface area contributed by atoms with Gasteiger partial charge in [0, 0.05) is 31.0 Å². The Hall–Kier alpha value is -0.610. The molecule has 16 heavy (non-hydrogen) atoms. The Morgan fingerprint density at radius 3 is 2.50 bits per heavy atom. The topological polar surface area (TPSA) is 50.4 Å². The molecule has 1 rings (SSSR count). The second-order valence-corrected chi connectivity index (χ2v) is 5.06. The Balaban J connectivity index is 2.27. The fraction of sp³-hybridized carbons (Fsp3) is 0.917. The molecule has 1 fully saturated rings. The molecule has 4 heteroatoms. The second-order valence-electron chi connectivity index (χ2n) is 5.06. The minimum atomic E-state index is 0.119. The molecule has 1 saturated heterocycles. The normalized spacial score (nSPS) is 18.2. The third-order valence-corrected chi connectivity index (χ3v) is 2.84. The van der Waals surface area contributed by atoms with Crippen molar-refractivity contribution < 1.29 is 9.53 Å². The van der Waals surface area contributed by atoms with Crippen LogP contribution in [0.4, 0.5) is 0 Å². The molecule has 0 aromatic heterocycles. The zero-order chi connectivity index (χ0) is 12.0. The zero-order valence-corrected chi connectivity index (χ0v) is 10.6. The molecule has 0 spiro atoms. The van der Waals surface area contributed by atoms with Gasteiger partial charge >= 0.3 is 0 Å². The third kappa shape index (κ3) is 4.10. The lowest BCUT2D eigenvalue weighted by atomic mass is 9.85. The van der Waals surface area contributed by atoms with Crippen molar-refractivity contribution in [3.8, 4) is 0 Å². The smallest absolute Gasteiger partial charge is 0.220 e. The van der Waals surface area contributed by atoms with Gasteiger partial charge in [0.2, 0.25) is 5.91 Å². The highest BCUT2D eigenvalue weighted by Gasteiger charge is 2.38. The van der Waals surface area contributed by atoms with Gasteiger partial charge in [0.25, 0.3) is 0 Å². The summed E-state index contributed by atoms with van der Waals surface area (Å²) < 4.78 is 5.27. The summed E-state index contributed by atoms with van der Waals surface area (Å²) in [6, 6.07) is 0.476. The molecule has 1 amide bonds. The van der Waals surface area contributed by atoms with E-state index in [1.54, 1.807) is 0 Å². The van der Waals surface area contributed by atoms with Crippen molar-refractivity contribution in [2.45, 2.75) is 39.7 Å². The summed E-state index contributed by atoms with van der Waals surface area (Å²) in [6.07, 6.45) is 1.52. The molecule has 1 aliphatic rings. The van der Waals surface area contributed by atoms with Crippen LogP contribution in [0.15, 0.2) is 0 Å². The van der Waals surface area contributed by atoms with Crippen molar-refractivity contribution in [3.05, 3.63) is 0 Å². The van der Waals surface area contributed by atoms with E-state index in [2.05, 4.69) is 24.5 Å². The summed E-state index contributed by atoms with van der Waals surface area (Å²) in [5, 5.41) is 6.40. The molecule has 0 aromatic carbocycles. The predicted molar refractivity (Wildman–Crippen MR) is 64.3 cm³/mol. The molecule has 0 aromatic rings. The average molecular weight is 228 g/mol. The van der Waals surface area contributed by atoms with Gasteiger partial charge < -0.3 is 15.4 Å². The maximum absolute atomic E-state index is 11.4. The van der Waals surface area contributed by atoms with Crippen molar-refractivity contribution in [1.29, 1.82) is 0 Å². The van der Waals surface area contributed by atoms with Crippen LogP contribution >= 0.6 is 0 Å². The lowest BCUT2D eigenvalue weighted by molar-refractivity contribution is -0.129. The molecule has 94 valence electrons. The van der Waals surface area contributed by atoms with Crippen LogP contribution in [0.5, 0.6) is 0 Å². The summed E-state index contributed by atoms with van der Waals surface area (Å²) in [4.78, 5) is 11.4. The fourth-order valence-electron chi connectivity index (χ4n) is 1.68. The summed E-state index contributed by atoms with van der Waals surface area (Å²) in [5.41, 5.74) is 0.119. The Bertz CT molecular complexity index is 225. The molecule has 1 aliphatic heterocycles. The zero-order valence-electron chi connectivity index (χ0n) is 10.6. The fourth-order valence-corrected chi connectivity index (χ4v) is 1.68. The molecule has 4 nitrogen and oxygen atoms in total. The maximum atomic E-state index is 11.4. The van der Waals surface area contributed by atoms with Crippen molar-refractivity contribution in [1.82, 2.24) is 10.6 Å². The van der Waals surface area contributed by atoms with Gasteiger partial charge in [0.1, 0.15) is 0 Å². The van der Waals surface area contributed by atoms with Crippen molar-refractivity contribution in [2.24, 2.45) is 5.41 Å². The number of carbonyl (C=O) groups is 1. The molecule has 1 heterocycles. The molecular weight excluding hydrogens is 204 g/mol. The number of hydrogen-bond donors (Lipinski definition) is 2. The van der Waals surface area contributed by atoms with E-state index in [1.165, 1.54) is 0 Å². The van der Waals surface area contributed by atoms with E-state index < -0.39 is 0 Å². The van der Waals surface area contributed by atoms with Crippen LogP contribution in [0.2, 0.25) is 0 Å². The first-order chi connectivity index (χ1) is 7.58. The summed E-state index contributed by atoms with van der Waals surface area (Å²) in [5.74, 6) is 0.151. The minimum Gasteiger partial charge on any atom is -0.380 e. The van der Waals surface area contributed by atoms with Gasteiger partial charge in [-0.1, -0.05) is 20.8 Å². The van der Waals surface area contributed by atoms with Crippen molar-refractivity contribution in [2.75, 3.05) is 26.3 Å². The summed E-state index contributed by atoms with van der Waals surface area (Å²) in [6.45, 7) is 9.41. The van der Waals surface area contributed by atoms with Crippen LogP contribution in [-0.4, -0.2) is 38.3 Å². The number of carbonyl (C=O) groups excluding carboxylic acids is 1. The number of rotatable bonds is 7. The summed E-state index contributed by atoms with van der Waals surface area (Å²) in [7, 11) is 0. The number of hydrogen-bond acceptors (Lipinski definition) is 3. The SMILES string of the molecule is CCCC(=O)NCC1(CNC(C)C)COC1. The quantitative estimate of drug-likeness (QED) is 0.681. The van der Waals surface area contributed by atoms with Crippen LogP contribution in [-0.2, 0) is 9.53 Å². The van der Waals surface area contributed by atoms with Gasteiger partial charge in [-0.3, -0.25) is 4.79 Å². The predicted octanol–water partition coefficient (Wildman–Crippen LogP) is 0.917. The van der Waals surface area contributed by atoms with Crippen LogP contribution in [0.1, 0.15) is 33.6 Å². The Morgan fingerprint density at radius 2 is 2.06 bits per heavy atom. The molecule has 0 bridgehead atoms. The Kier molecular flexibility index (Phi) is 5.22. The Morgan fingerprint density at radius 1 is 1.38 bits per heavy atom. The van der Waals surface area contributed by atoms with E-state index in [-0.39, 0.29) is 11.3 Å². The molecular formula is C12H24N2O2. The van der Waals surface area contributed by atoms with E-state index >= 15 is 0 Å². The lowest BCUT2D eigenvalue weighted by Crippen LogP contribution is -2.56. The van der Waals surface area contributed by atoms with E-state index in [0.717, 1.165) is 32.7 Å². The first-order valence-corrected chi connectivity index (χ1v) is 6.16. The highest BCUT2D eigenvalue weighted by atomic mass is 16.5. The van der Waals surface area contributed by atoms with Gasteiger partial charge in [-0.05, 0) is 6.42 Å². The van der Waals surface area contributed by atoms with Crippen molar-refractivity contribution in [3.63, 3.8) is 0 Å². The van der Waals surface area contributed by atoms with Gasteiger partial charge in [0.15, 0.2) is 0 Å². The first-order valence-electron chi connectivity index (χ1n) is 6.16. The molecule has 0 saturated carbocycles. The van der Waals surface area contributed by atoms with Crippen molar-refractivity contribution >= 4 is 5.91 Å². The lowest BCUT2D eigenvalue weighted by Gasteiger charge is -2.42. The number of nitrogens with one attached hydrogen (secondary N) is 2. The highest BCUT2D eigenvalue weighted by molar-refractivity contribution is 5.75. The van der Waals surface area contributed by atoms with Gasteiger partial charge in [-0.2, -0.15) is 0 Å². The van der Waals surface area contributed by atoms with Crippen LogP contribution in [0.3, 0.4) is 0 Å². The van der Waals surface area contributed by atoms with E-state index in [9.17, 15) is 4.79 Å². The third-order valence-electron chi connectivity index (χ3n) is 2.84. The van der Waals surface area contributed by atoms with E-state index in [4.69, 9.17) is 4.74 Å². The first kappa shape index (κ1) is 13.5. The highest BCUT2D eigenvalue weighted by Crippen LogP contribution is 2.25. The Labute approximate surface area is 98.1 Å². The molecule has 0 radical (unpaired) electrons. The molecule has 2 N–H and O–H groups in total. The largest absolute Gasteiger partial charge is 0.380 e.